The van der Waals surface area contributed by atoms with E-state index in [0.29, 0.717) is 11.4 Å². The van der Waals surface area contributed by atoms with Crippen molar-refractivity contribution >= 4 is 21.8 Å². The van der Waals surface area contributed by atoms with E-state index in [4.69, 9.17) is 0 Å². The molecule has 0 spiro atoms. The van der Waals surface area contributed by atoms with Gasteiger partial charge in [0, 0.05) is 30.6 Å². The summed E-state index contributed by atoms with van der Waals surface area (Å²) < 4.78 is 26.8. The topological polar surface area (TPSA) is 49.4 Å². The fraction of sp³-hybridized carbons (Fsp3) is 0.538. The molecule has 1 saturated heterocycles. The SMILES string of the molecule is CNCc1ccc(S(=O)(=O)N2CCSCC2C)cc1. The van der Waals surface area contributed by atoms with E-state index in [9.17, 15) is 8.42 Å². The molecule has 0 bridgehead atoms. The molecule has 0 saturated carbocycles. The second-order valence-electron chi connectivity index (χ2n) is 4.71. The lowest BCUT2D eigenvalue weighted by Gasteiger charge is -2.31. The molecule has 1 atom stereocenters. The van der Waals surface area contributed by atoms with Crippen molar-refractivity contribution < 1.29 is 8.42 Å². The van der Waals surface area contributed by atoms with Crippen LogP contribution in [0.4, 0.5) is 0 Å². The summed E-state index contributed by atoms with van der Waals surface area (Å²) in [6, 6.07) is 7.22. The van der Waals surface area contributed by atoms with Gasteiger partial charge in [-0.05, 0) is 31.7 Å². The fourth-order valence-corrected chi connectivity index (χ4v) is 5.04. The second kappa shape index (κ2) is 6.26. The van der Waals surface area contributed by atoms with E-state index in [1.165, 1.54) is 0 Å². The Kier molecular flexibility index (Phi) is 4.89. The van der Waals surface area contributed by atoms with Crippen molar-refractivity contribution in [2.75, 3.05) is 25.1 Å². The summed E-state index contributed by atoms with van der Waals surface area (Å²) in [5.41, 5.74) is 1.09. The molecule has 4 nitrogen and oxygen atoms in total. The molecule has 0 aliphatic carbocycles. The van der Waals surface area contributed by atoms with Crippen LogP contribution in [0.3, 0.4) is 0 Å². The van der Waals surface area contributed by atoms with Gasteiger partial charge in [-0.1, -0.05) is 12.1 Å². The first-order chi connectivity index (χ1) is 9.05. The van der Waals surface area contributed by atoms with Crippen molar-refractivity contribution in [3.8, 4) is 0 Å². The fourth-order valence-electron chi connectivity index (χ4n) is 2.19. The normalized spacial score (nSPS) is 21.5. The van der Waals surface area contributed by atoms with Gasteiger partial charge >= 0.3 is 0 Å². The zero-order valence-corrected chi connectivity index (χ0v) is 12.9. The Labute approximate surface area is 119 Å². The van der Waals surface area contributed by atoms with Crippen LogP contribution in [-0.4, -0.2) is 43.9 Å². The van der Waals surface area contributed by atoms with E-state index in [0.717, 1.165) is 23.6 Å². The predicted octanol–water partition coefficient (Wildman–Crippen LogP) is 1.53. The van der Waals surface area contributed by atoms with E-state index in [1.54, 1.807) is 16.4 Å². The molecule has 0 aromatic heterocycles. The van der Waals surface area contributed by atoms with Crippen LogP contribution in [0.2, 0.25) is 0 Å². The van der Waals surface area contributed by atoms with Crippen molar-refractivity contribution in [2.24, 2.45) is 0 Å². The molecule has 1 heterocycles. The average Bonchev–Trinajstić information content (AvgIpc) is 2.40. The van der Waals surface area contributed by atoms with Gasteiger partial charge in [0.1, 0.15) is 0 Å². The van der Waals surface area contributed by atoms with Gasteiger partial charge in [0.2, 0.25) is 10.0 Å². The first-order valence-corrected chi connectivity index (χ1v) is 8.98. The third-order valence-electron chi connectivity index (χ3n) is 3.22. The van der Waals surface area contributed by atoms with Gasteiger partial charge in [-0.15, -0.1) is 0 Å². The first kappa shape index (κ1) is 14.8. The Hall–Kier alpha value is -0.560. The second-order valence-corrected chi connectivity index (χ2v) is 7.75. The molecular formula is C13H20N2O2S2. The number of sulfonamides is 1. The van der Waals surface area contributed by atoms with Crippen LogP contribution >= 0.6 is 11.8 Å². The van der Waals surface area contributed by atoms with Gasteiger partial charge in [-0.25, -0.2) is 8.42 Å². The van der Waals surface area contributed by atoms with Gasteiger partial charge in [0.05, 0.1) is 4.90 Å². The van der Waals surface area contributed by atoms with Crippen LogP contribution in [0, 0.1) is 0 Å². The smallest absolute Gasteiger partial charge is 0.243 e. The van der Waals surface area contributed by atoms with Crippen LogP contribution in [-0.2, 0) is 16.6 Å². The Morgan fingerprint density at radius 1 is 1.37 bits per heavy atom. The molecule has 1 aliphatic heterocycles. The van der Waals surface area contributed by atoms with Gasteiger partial charge < -0.3 is 5.32 Å². The summed E-state index contributed by atoms with van der Waals surface area (Å²) in [5.74, 6) is 1.75. The highest BCUT2D eigenvalue weighted by Crippen LogP contribution is 2.24. The molecule has 1 aromatic carbocycles. The van der Waals surface area contributed by atoms with Crippen molar-refractivity contribution in [2.45, 2.75) is 24.4 Å². The van der Waals surface area contributed by atoms with Crippen molar-refractivity contribution in [1.82, 2.24) is 9.62 Å². The molecule has 6 heteroatoms. The monoisotopic (exact) mass is 300 g/mol. The molecule has 0 amide bonds. The standard InChI is InChI=1S/C13H20N2O2S2/c1-11-10-18-8-7-15(11)19(16,17)13-5-3-12(4-6-13)9-14-2/h3-6,11,14H,7-10H2,1-2H3. The Morgan fingerprint density at radius 2 is 2.05 bits per heavy atom. The highest BCUT2D eigenvalue weighted by atomic mass is 32.2. The predicted molar refractivity (Wildman–Crippen MR) is 79.9 cm³/mol. The van der Waals surface area contributed by atoms with Crippen LogP contribution in [0.1, 0.15) is 12.5 Å². The lowest BCUT2D eigenvalue weighted by molar-refractivity contribution is 0.367. The Balaban J connectivity index is 2.23. The lowest BCUT2D eigenvalue weighted by atomic mass is 10.2. The van der Waals surface area contributed by atoms with Crippen molar-refractivity contribution in [3.05, 3.63) is 29.8 Å². The van der Waals surface area contributed by atoms with Crippen LogP contribution in [0.15, 0.2) is 29.2 Å². The number of thioether (sulfide) groups is 1. The van der Waals surface area contributed by atoms with Gasteiger partial charge in [-0.3, -0.25) is 0 Å². The summed E-state index contributed by atoms with van der Waals surface area (Å²) in [7, 11) is -1.47. The Bertz CT molecular complexity index is 514. The average molecular weight is 300 g/mol. The van der Waals surface area contributed by atoms with E-state index < -0.39 is 10.0 Å². The summed E-state index contributed by atoms with van der Waals surface area (Å²) in [6.45, 7) is 3.32. The van der Waals surface area contributed by atoms with E-state index in [-0.39, 0.29) is 6.04 Å². The van der Waals surface area contributed by atoms with Crippen molar-refractivity contribution in [1.29, 1.82) is 0 Å². The molecule has 1 aliphatic rings. The van der Waals surface area contributed by atoms with Crippen LogP contribution < -0.4 is 5.32 Å². The van der Waals surface area contributed by atoms with E-state index in [1.807, 2.05) is 37.9 Å². The molecule has 1 aromatic rings. The molecule has 1 unspecified atom stereocenters. The first-order valence-electron chi connectivity index (χ1n) is 6.39. The van der Waals surface area contributed by atoms with Crippen LogP contribution in [0.25, 0.3) is 0 Å². The largest absolute Gasteiger partial charge is 0.316 e. The molecular weight excluding hydrogens is 280 g/mol. The number of hydrogen-bond donors (Lipinski definition) is 1. The van der Waals surface area contributed by atoms with Crippen molar-refractivity contribution in [3.63, 3.8) is 0 Å². The summed E-state index contributed by atoms with van der Waals surface area (Å²) in [6.07, 6.45) is 0. The number of nitrogens with zero attached hydrogens (tertiary/aromatic N) is 1. The maximum Gasteiger partial charge on any atom is 0.243 e. The minimum Gasteiger partial charge on any atom is -0.316 e. The molecule has 1 N–H and O–H groups in total. The zero-order chi connectivity index (χ0) is 13.9. The molecule has 1 fully saturated rings. The lowest BCUT2D eigenvalue weighted by Crippen LogP contribution is -2.44. The summed E-state index contributed by atoms with van der Waals surface area (Å²) in [4.78, 5) is 0.395. The quantitative estimate of drug-likeness (QED) is 0.916. The number of hydrogen-bond acceptors (Lipinski definition) is 4. The van der Waals surface area contributed by atoms with Gasteiger partial charge in [-0.2, -0.15) is 16.1 Å². The number of nitrogens with one attached hydrogen (secondary N) is 1. The zero-order valence-electron chi connectivity index (χ0n) is 11.3. The third kappa shape index (κ3) is 3.31. The molecule has 0 radical (unpaired) electrons. The summed E-state index contributed by atoms with van der Waals surface area (Å²) >= 11 is 1.81. The van der Waals surface area contributed by atoms with E-state index >= 15 is 0 Å². The Morgan fingerprint density at radius 3 is 2.63 bits per heavy atom. The molecule has 2 rings (SSSR count). The molecule has 19 heavy (non-hydrogen) atoms. The number of benzene rings is 1. The van der Waals surface area contributed by atoms with Crippen LogP contribution in [0.5, 0.6) is 0 Å². The minimum absolute atomic E-state index is 0.0701. The van der Waals surface area contributed by atoms with Gasteiger partial charge in [0.15, 0.2) is 0 Å². The maximum absolute atomic E-state index is 12.6. The third-order valence-corrected chi connectivity index (χ3v) is 6.43. The number of rotatable bonds is 4. The summed E-state index contributed by atoms with van der Waals surface area (Å²) in [5, 5.41) is 3.05. The minimum atomic E-state index is -3.34. The molecule has 106 valence electrons. The highest BCUT2D eigenvalue weighted by molar-refractivity contribution is 7.99. The van der Waals surface area contributed by atoms with E-state index in [2.05, 4.69) is 5.32 Å². The highest BCUT2D eigenvalue weighted by Gasteiger charge is 2.30. The maximum atomic E-state index is 12.6. The van der Waals surface area contributed by atoms with Gasteiger partial charge in [0.25, 0.3) is 0 Å².